The SMILES string of the molecule is O=C(O)C1C[C@@H](OS(=O)(=O)O)C(OS(=O)(=O)O)CO1. The maximum absolute atomic E-state index is 10.7. The first kappa shape index (κ1) is 16.2. The third-order valence-electron chi connectivity index (χ3n) is 2.09. The van der Waals surface area contributed by atoms with E-state index in [1.54, 1.807) is 0 Å². The molecular weight excluding hydrogens is 312 g/mol. The molecule has 1 heterocycles. The lowest BCUT2D eigenvalue weighted by molar-refractivity contribution is -0.164. The Morgan fingerprint density at radius 3 is 1.95 bits per heavy atom. The van der Waals surface area contributed by atoms with Gasteiger partial charge >= 0.3 is 26.8 Å². The van der Waals surface area contributed by atoms with Gasteiger partial charge in [0.1, 0.15) is 12.2 Å². The normalized spacial score (nSPS) is 29.1. The zero-order chi connectivity index (χ0) is 14.8. The van der Waals surface area contributed by atoms with E-state index in [1.807, 2.05) is 0 Å². The minimum atomic E-state index is -4.97. The molecule has 0 bridgehead atoms. The molecule has 112 valence electrons. The van der Waals surface area contributed by atoms with Gasteiger partial charge in [-0.25, -0.2) is 13.2 Å². The molecule has 0 saturated carbocycles. The Balaban J connectivity index is 2.87. The van der Waals surface area contributed by atoms with Gasteiger partial charge in [-0.15, -0.1) is 0 Å². The van der Waals surface area contributed by atoms with Crippen molar-refractivity contribution in [3.05, 3.63) is 0 Å². The van der Waals surface area contributed by atoms with E-state index >= 15 is 0 Å². The highest BCUT2D eigenvalue weighted by atomic mass is 32.3. The molecular formula is C6H10O11S2. The van der Waals surface area contributed by atoms with Crippen LogP contribution in [0.5, 0.6) is 0 Å². The van der Waals surface area contributed by atoms with Crippen molar-refractivity contribution >= 4 is 26.8 Å². The quantitative estimate of drug-likeness (QED) is 0.489. The van der Waals surface area contributed by atoms with Crippen LogP contribution in [0.15, 0.2) is 0 Å². The molecule has 0 spiro atoms. The van der Waals surface area contributed by atoms with Crippen LogP contribution < -0.4 is 0 Å². The lowest BCUT2D eigenvalue weighted by atomic mass is 10.0. The van der Waals surface area contributed by atoms with Gasteiger partial charge < -0.3 is 9.84 Å². The Labute approximate surface area is 108 Å². The van der Waals surface area contributed by atoms with E-state index in [-0.39, 0.29) is 0 Å². The summed E-state index contributed by atoms with van der Waals surface area (Å²) in [7, 11) is -9.90. The van der Waals surface area contributed by atoms with Gasteiger partial charge in [0.15, 0.2) is 6.10 Å². The van der Waals surface area contributed by atoms with E-state index in [9.17, 15) is 21.6 Å². The molecule has 0 aliphatic carbocycles. The molecule has 0 aromatic heterocycles. The third-order valence-corrected chi connectivity index (χ3v) is 3.07. The number of rotatable bonds is 5. The number of hydrogen-bond acceptors (Lipinski definition) is 8. The monoisotopic (exact) mass is 322 g/mol. The summed E-state index contributed by atoms with van der Waals surface area (Å²) in [5.74, 6) is -1.44. The highest BCUT2D eigenvalue weighted by molar-refractivity contribution is 7.81. The fourth-order valence-corrected chi connectivity index (χ4v) is 2.43. The summed E-state index contributed by atoms with van der Waals surface area (Å²) in [5.41, 5.74) is 0. The Hall–Kier alpha value is -0.830. The molecule has 13 heteroatoms. The fraction of sp³-hybridized carbons (Fsp3) is 0.833. The number of carbonyl (C=O) groups is 1. The lowest BCUT2D eigenvalue weighted by Gasteiger charge is -2.31. The van der Waals surface area contributed by atoms with Gasteiger partial charge in [0.05, 0.1) is 6.61 Å². The molecule has 1 rings (SSSR count). The van der Waals surface area contributed by atoms with Crippen LogP contribution in [-0.2, 0) is 38.7 Å². The van der Waals surface area contributed by atoms with E-state index in [0.29, 0.717) is 0 Å². The highest BCUT2D eigenvalue weighted by Crippen LogP contribution is 2.22. The average Bonchev–Trinajstić information content (AvgIpc) is 2.15. The Morgan fingerprint density at radius 1 is 1.05 bits per heavy atom. The molecule has 0 radical (unpaired) electrons. The molecule has 1 fully saturated rings. The largest absolute Gasteiger partial charge is 0.479 e. The van der Waals surface area contributed by atoms with Crippen molar-refractivity contribution in [1.29, 1.82) is 0 Å². The summed E-state index contributed by atoms with van der Waals surface area (Å²) in [5, 5.41) is 8.67. The molecule has 2 unspecified atom stereocenters. The van der Waals surface area contributed by atoms with Gasteiger partial charge in [0.25, 0.3) is 0 Å². The zero-order valence-corrected chi connectivity index (χ0v) is 10.7. The molecule has 0 aromatic rings. The summed E-state index contributed by atoms with van der Waals surface area (Å²) >= 11 is 0. The van der Waals surface area contributed by atoms with E-state index < -0.39 is 58.1 Å². The predicted octanol–water partition coefficient (Wildman–Crippen LogP) is -1.76. The molecule has 3 atom stereocenters. The summed E-state index contributed by atoms with van der Waals surface area (Å²) < 4.78 is 72.0. The first-order valence-electron chi connectivity index (χ1n) is 4.64. The summed E-state index contributed by atoms with van der Waals surface area (Å²) in [6, 6.07) is 0. The van der Waals surface area contributed by atoms with Crippen molar-refractivity contribution in [2.24, 2.45) is 0 Å². The third kappa shape index (κ3) is 5.77. The van der Waals surface area contributed by atoms with Crippen molar-refractivity contribution in [2.75, 3.05) is 6.61 Å². The smallest absolute Gasteiger partial charge is 0.397 e. The summed E-state index contributed by atoms with van der Waals surface area (Å²) in [6.07, 6.45) is -5.33. The average molecular weight is 322 g/mol. The minimum Gasteiger partial charge on any atom is -0.479 e. The first-order chi connectivity index (χ1) is 8.48. The predicted molar refractivity (Wildman–Crippen MR) is 54.8 cm³/mol. The summed E-state index contributed by atoms with van der Waals surface area (Å²) in [4.78, 5) is 10.7. The Morgan fingerprint density at radius 2 is 1.53 bits per heavy atom. The molecule has 11 nitrogen and oxygen atoms in total. The maximum Gasteiger partial charge on any atom is 0.397 e. The minimum absolute atomic E-state index is 0.602. The Bertz CT molecular complexity index is 534. The number of ether oxygens (including phenoxy) is 1. The van der Waals surface area contributed by atoms with Crippen molar-refractivity contribution in [3.63, 3.8) is 0 Å². The number of aliphatic carboxylic acids is 1. The highest BCUT2D eigenvalue weighted by Gasteiger charge is 2.40. The molecule has 1 saturated heterocycles. The van der Waals surface area contributed by atoms with Gasteiger partial charge in [0.2, 0.25) is 0 Å². The second-order valence-electron chi connectivity index (χ2n) is 3.52. The van der Waals surface area contributed by atoms with Crippen LogP contribution in [0.1, 0.15) is 6.42 Å². The first-order valence-corrected chi connectivity index (χ1v) is 7.37. The van der Waals surface area contributed by atoms with Gasteiger partial charge in [-0.2, -0.15) is 16.8 Å². The second-order valence-corrected chi connectivity index (χ2v) is 5.62. The molecule has 1 aliphatic heterocycles. The van der Waals surface area contributed by atoms with Gasteiger partial charge in [-0.1, -0.05) is 0 Å². The van der Waals surface area contributed by atoms with Crippen LogP contribution in [0.4, 0.5) is 0 Å². The van der Waals surface area contributed by atoms with E-state index in [2.05, 4.69) is 13.1 Å². The van der Waals surface area contributed by atoms with E-state index in [1.165, 1.54) is 0 Å². The van der Waals surface area contributed by atoms with Crippen molar-refractivity contribution < 1.29 is 48.9 Å². The van der Waals surface area contributed by atoms with Crippen molar-refractivity contribution in [1.82, 2.24) is 0 Å². The van der Waals surface area contributed by atoms with Gasteiger partial charge in [-0.3, -0.25) is 9.11 Å². The number of hydrogen-bond donors (Lipinski definition) is 3. The number of carboxylic acids is 1. The van der Waals surface area contributed by atoms with Crippen LogP contribution in [0.25, 0.3) is 0 Å². The Kier molecular flexibility index (Phi) is 4.83. The van der Waals surface area contributed by atoms with Crippen LogP contribution in [0.3, 0.4) is 0 Å². The number of carboxylic acid groups (broad SMARTS) is 1. The van der Waals surface area contributed by atoms with Crippen LogP contribution in [-0.4, -0.2) is 61.9 Å². The topological polar surface area (TPSA) is 174 Å². The molecule has 0 aromatic carbocycles. The molecule has 0 amide bonds. The van der Waals surface area contributed by atoms with Crippen molar-refractivity contribution in [3.8, 4) is 0 Å². The van der Waals surface area contributed by atoms with E-state index in [0.717, 1.165) is 0 Å². The van der Waals surface area contributed by atoms with Gasteiger partial charge in [0, 0.05) is 6.42 Å². The van der Waals surface area contributed by atoms with E-state index in [4.69, 9.17) is 14.2 Å². The summed E-state index contributed by atoms with van der Waals surface area (Å²) in [6.45, 7) is -0.670. The standard InChI is InChI=1S/C6H10O11S2/c7-6(8)4-1-3(16-18(9,10)11)5(2-15-4)17-19(12,13)14/h3-5H,1-2H2,(H,7,8)(H,9,10,11)(H,12,13,14)/t3-,4?,5?/m1/s1. The zero-order valence-electron chi connectivity index (χ0n) is 9.07. The molecule has 19 heavy (non-hydrogen) atoms. The van der Waals surface area contributed by atoms with Crippen LogP contribution in [0, 0.1) is 0 Å². The molecule has 3 N–H and O–H groups in total. The maximum atomic E-state index is 10.7. The molecule has 1 aliphatic rings. The lowest BCUT2D eigenvalue weighted by Crippen LogP contribution is -2.48. The fourth-order valence-electron chi connectivity index (χ4n) is 1.42. The van der Waals surface area contributed by atoms with Crippen LogP contribution in [0.2, 0.25) is 0 Å². The second kappa shape index (κ2) is 5.66. The van der Waals surface area contributed by atoms with Crippen LogP contribution >= 0.6 is 0 Å². The van der Waals surface area contributed by atoms with Gasteiger partial charge in [-0.05, 0) is 0 Å². The van der Waals surface area contributed by atoms with Crippen molar-refractivity contribution in [2.45, 2.75) is 24.7 Å².